The third-order valence-corrected chi connectivity index (χ3v) is 5.91. The monoisotopic (exact) mass is 470 g/mol. The third kappa shape index (κ3) is 6.01. The molecule has 0 aromatic carbocycles. The molecule has 1 amide bonds. The fourth-order valence-electron chi connectivity index (χ4n) is 3.87. The molecule has 1 aliphatic rings. The highest BCUT2D eigenvalue weighted by Crippen LogP contribution is 2.30. The van der Waals surface area contributed by atoms with Gasteiger partial charge in [-0.15, -0.1) is 5.10 Å². The number of ether oxygens (including phenoxy) is 2. The van der Waals surface area contributed by atoms with Crippen LogP contribution >= 0.6 is 0 Å². The van der Waals surface area contributed by atoms with Gasteiger partial charge in [-0.1, -0.05) is 18.6 Å². The molecule has 1 fully saturated rings. The SMILES string of the molecule is CCCCN(C)C(=O)OCc1c(-c2ccc(O[C@H]3CCC[C@H](C(=O)O)C3)c(C#N)n2)nnn1C. The van der Waals surface area contributed by atoms with Crippen molar-refractivity contribution in [2.45, 2.75) is 58.2 Å². The first-order chi connectivity index (χ1) is 16.3. The molecule has 0 bridgehead atoms. The topological polar surface area (TPSA) is 143 Å². The van der Waals surface area contributed by atoms with Gasteiger partial charge in [-0.3, -0.25) is 4.79 Å². The summed E-state index contributed by atoms with van der Waals surface area (Å²) in [5.74, 6) is -0.964. The Morgan fingerprint density at radius 1 is 1.35 bits per heavy atom. The molecule has 0 aliphatic heterocycles. The first kappa shape index (κ1) is 25.0. The maximum atomic E-state index is 12.2. The van der Waals surface area contributed by atoms with E-state index in [-0.39, 0.29) is 18.4 Å². The van der Waals surface area contributed by atoms with Gasteiger partial charge in [0.2, 0.25) is 0 Å². The minimum atomic E-state index is -0.824. The average Bonchev–Trinajstić information content (AvgIpc) is 3.21. The lowest BCUT2D eigenvalue weighted by molar-refractivity contribution is -0.143. The van der Waals surface area contributed by atoms with Crippen molar-refractivity contribution in [2.75, 3.05) is 13.6 Å². The Hall–Kier alpha value is -3.68. The van der Waals surface area contributed by atoms with Crippen LogP contribution < -0.4 is 4.74 Å². The molecule has 0 spiro atoms. The predicted molar refractivity (Wildman–Crippen MR) is 121 cm³/mol. The van der Waals surface area contributed by atoms with Crippen molar-refractivity contribution in [3.8, 4) is 23.2 Å². The molecule has 2 aromatic heterocycles. The van der Waals surface area contributed by atoms with Gasteiger partial charge in [0.15, 0.2) is 11.4 Å². The summed E-state index contributed by atoms with van der Waals surface area (Å²) >= 11 is 0. The van der Waals surface area contributed by atoms with Crippen molar-refractivity contribution >= 4 is 12.1 Å². The normalized spacial score (nSPS) is 17.6. The largest absolute Gasteiger partial charge is 0.487 e. The molecular weight excluding hydrogens is 440 g/mol. The van der Waals surface area contributed by atoms with E-state index in [1.54, 1.807) is 26.2 Å². The Labute approximate surface area is 198 Å². The van der Waals surface area contributed by atoms with Gasteiger partial charge < -0.3 is 19.5 Å². The molecular formula is C23H30N6O5. The molecule has 0 unspecified atom stereocenters. The Morgan fingerprint density at radius 3 is 2.85 bits per heavy atom. The van der Waals surface area contributed by atoms with E-state index in [9.17, 15) is 20.0 Å². The number of carbonyl (C=O) groups is 2. The quantitative estimate of drug-likeness (QED) is 0.584. The maximum absolute atomic E-state index is 12.2. The van der Waals surface area contributed by atoms with Crippen LogP contribution in [0.25, 0.3) is 11.4 Å². The molecule has 2 heterocycles. The van der Waals surface area contributed by atoms with E-state index >= 15 is 0 Å². The summed E-state index contributed by atoms with van der Waals surface area (Å²) in [6, 6.07) is 5.34. The van der Waals surface area contributed by atoms with Crippen LogP contribution in [0.5, 0.6) is 5.75 Å². The molecule has 2 atom stereocenters. The lowest BCUT2D eigenvalue weighted by atomic mass is 9.87. The molecule has 1 saturated carbocycles. The zero-order chi connectivity index (χ0) is 24.7. The van der Waals surface area contributed by atoms with Gasteiger partial charge in [-0.25, -0.2) is 14.5 Å². The number of carbonyl (C=O) groups excluding carboxylic acids is 1. The molecule has 11 heteroatoms. The Bertz CT molecular complexity index is 1060. The van der Waals surface area contributed by atoms with Crippen molar-refractivity contribution in [3.63, 3.8) is 0 Å². The number of unbranched alkanes of at least 4 members (excludes halogenated alkanes) is 1. The lowest BCUT2D eigenvalue weighted by Crippen LogP contribution is -2.29. The van der Waals surface area contributed by atoms with Crippen LogP contribution in [-0.4, -0.2) is 61.7 Å². The summed E-state index contributed by atoms with van der Waals surface area (Å²) in [5.41, 5.74) is 1.41. The van der Waals surface area contributed by atoms with Crippen molar-refractivity contribution in [1.29, 1.82) is 5.26 Å². The average molecular weight is 471 g/mol. The van der Waals surface area contributed by atoms with Crippen molar-refractivity contribution in [3.05, 3.63) is 23.5 Å². The highest BCUT2D eigenvalue weighted by atomic mass is 16.6. The summed E-state index contributed by atoms with van der Waals surface area (Å²) in [5, 5.41) is 27.1. The number of carboxylic acids is 1. The van der Waals surface area contributed by atoms with Crippen LogP contribution in [-0.2, 0) is 23.2 Å². The van der Waals surface area contributed by atoms with E-state index in [2.05, 4.69) is 15.3 Å². The Morgan fingerprint density at radius 2 is 2.15 bits per heavy atom. The number of nitriles is 1. The second-order valence-corrected chi connectivity index (χ2v) is 8.43. The van der Waals surface area contributed by atoms with Gasteiger partial charge in [-0.2, -0.15) is 5.26 Å². The van der Waals surface area contributed by atoms with E-state index in [4.69, 9.17) is 9.47 Å². The van der Waals surface area contributed by atoms with Gasteiger partial charge in [0.05, 0.1) is 17.7 Å². The number of hydrogen-bond acceptors (Lipinski definition) is 8. The molecule has 1 N–H and O–H groups in total. The molecule has 0 radical (unpaired) electrons. The Balaban J connectivity index is 1.74. The molecule has 1 aliphatic carbocycles. The van der Waals surface area contributed by atoms with Crippen LogP contribution in [0.1, 0.15) is 56.8 Å². The minimum Gasteiger partial charge on any atom is -0.487 e. The molecule has 2 aromatic rings. The number of aryl methyl sites for hydroxylation is 1. The lowest BCUT2D eigenvalue weighted by Gasteiger charge is -2.27. The Kier molecular flexibility index (Phi) is 8.40. The van der Waals surface area contributed by atoms with Gasteiger partial charge in [0.25, 0.3) is 0 Å². The summed E-state index contributed by atoms with van der Waals surface area (Å²) in [7, 11) is 3.37. The first-order valence-corrected chi connectivity index (χ1v) is 11.4. The van der Waals surface area contributed by atoms with E-state index in [0.717, 1.165) is 25.7 Å². The van der Waals surface area contributed by atoms with Crippen LogP contribution in [0, 0.1) is 17.2 Å². The van der Waals surface area contributed by atoms with Crippen LogP contribution in [0.15, 0.2) is 12.1 Å². The van der Waals surface area contributed by atoms with Crippen LogP contribution in [0.3, 0.4) is 0 Å². The smallest absolute Gasteiger partial charge is 0.409 e. The van der Waals surface area contributed by atoms with E-state index in [1.165, 1.54) is 9.58 Å². The van der Waals surface area contributed by atoms with Gasteiger partial charge in [0, 0.05) is 20.6 Å². The number of rotatable bonds is 9. The second kappa shape index (κ2) is 11.4. The van der Waals surface area contributed by atoms with Gasteiger partial charge in [0.1, 0.15) is 24.1 Å². The summed E-state index contributed by atoms with van der Waals surface area (Å²) < 4.78 is 12.9. The summed E-state index contributed by atoms with van der Waals surface area (Å²) in [6.07, 6.45) is 3.64. The van der Waals surface area contributed by atoms with E-state index in [1.807, 2.05) is 13.0 Å². The molecule has 3 rings (SSSR count). The van der Waals surface area contributed by atoms with Crippen LogP contribution in [0.2, 0.25) is 0 Å². The van der Waals surface area contributed by atoms with Gasteiger partial charge >= 0.3 is 12.1 Å². The number of nitrogens with zero attached hydrogens (tertiary/aromatic N) is 6. The number of aromatic nitrogens is 4. The molecule has 182 valence electrons. The standard InChI is InChI=1S/C23H30N6O5/c1-4-5-11-28(2)23(32)33-14-19-21(26-27-29(19)3)17-9-10-20(18(13-24)25-17)34-16-8-6-7-15(12-16)22(30)31/h9-10,15-16H,4-8,11-12,14H2,1-3H3,(H,30,31)/t15-,16-/m0/s1. The number of aliphatic carboxylic acids is 1. The van der Waals surface area contributed by atoms with Crippen molar-refractivity contribution < 1.29 is 24.2 Å². The fourth-order valence-corrected chi connectivity index (χ4v) is 3.87. The molecule has 0 saturated heterocycles. The van der Waals surface area contributed by atoms with Crippen LogP contribution in [0.4, 0.5) is 4.79 Å². The van der Waals surface area contributed by atoms with E-state index in [0.29, 0.717) is 42.2 Å². The zero-order valence-electron chi connectivity index (χ0n) is 19.7. The second-order valence-electron chi connectivity index (χ2n) is 8.43. The number of carboxylic acid groups (broad SMARTS) is 1. The highest BCUT2D eigenvalue weighted by molar-refractivity contribution is 5.70. The fraction of sp³-hybridized carbons (Fsp3) is 0.565. The first-order valence-electron chi connectivity index (χ1n) is 11.4. The minimum absolute atomic E-state index is 0.0470. The highest BCUT2D eigenvalue weighted by Gasteiger charge is 2.29. The van der Waals surface area contributed by atoms with E-state index < -0.39 is 18.0 Å². The number of amides is 1. The van der Waals surface area contributed by atoms with Gasteiger partial charge in [-0.05, 0) is 44.2 Å². The molecule has 34 heavy (non-hydrogen) atoms. The maximum Gasteiger partial charge on any atom is 0.409 e. The zero-order valence-corrected chi connectivity index (χ0v) is 19.7. The predicted octanol–water partition coefficient (Wildman–Crippen LogP) is 3.14. The number of pyridine rings is 1. The van der Waals surface area contributed by atoms with Crippen molar-refractivity contribution in [1.82, 2.24) is 24.9 Å². The van der Waals surface area contributed by atoms with Crippen molar-refractivity contribution in [2.24, 2.45) is 13.0 Å². The summed E-state index contributed by atoms with van der Waals surface area (Å²) in [4.78, 5) is 29.5. The number of hydrogen-bond donors (Lipinski definition) is 1. The summed E-state index contributed by atoms with van der Waals surface area (Å²) in [6.45, 7) is 2.61. The molecule has 11 nitrogen and oxygen atoms in total. The third-order valence-electron chi connectivity index (χ3n) is 5.91.